The molecule has 0 saturated heterocycles. The number of fused-ring (bicyclic) bond motifs is 6. The first kappa shape index (κ1) is 44.5. The summed E-state index contributed by atoms with van der Waals surface area (Å²) in [6.45, 7) is -1.48. The van der Waals surface area contributed by atoms with Gasteiger partial charge in [-0.1, -0.05) is 0 Å². The van der Waals surface area contributed by atoms with Crippen molar-refractivity contribution in [2.24, 2.45) is 0 Å². The molecule has 4 heterocycles. The van der Waals surface area contributed by atoms with E-state index in [1.165, 1.54) is 0 Å². The van der Waals surface area contributed by atoms with E-state index >= 15 is 0 Å². The molecule has 4 aliphatic heterocycles. The van der Waals surface area contributed by atoms with Crippen molar-refractivity contribution < 1.29 is 130 Å². The number of hydrogen-bond donors (Lipinski definition) is 17. The van der Waals surface area contributed by atoms with E-state index in [2.05, 4.69) is 0 Å². The van der Waals surface area contributed by atoms with Gasteiger partial charge >= 0.3 is 23.9 Å². The number of rotatable bonds is 3. The Labute approximate surface area is 368 Å². The van der Waals surface area contributed by atoms with Crippen molar-refractivity contribution in [1.29, 1.82) is 0 Å². The van der Waals surface area contributed by atoms with Gasteiger partial charge in [0.05, 0.1) is 22.3 Å². The molecule has 0 radical (unpaired) electrons. The number of aliphatic hydroxyl groups is 2. The summed E-state index contributed by atoms with van der Waals surface area (Å²) < 4.78 is 27.9. The molecule has 6 atom stereocenters. The van der Waals surface area contributed by atoms with E-state index < -0.39 is 209 Å². The summed E-state index contributed by atoms with van der Waals surface area (Å²) in [5.41, 5.74) is -10.5. The van der Waals surface area contributed by atoms with Crippen LogP contribution < -0.4 is 0 Å². The molecule has 9 rings (SSSR count). The lowest BCUT2D eigenvalue weighted by molar-refractivity contribution is -0.233. The van der Waals surface area contributed by atoms with Gasteiger partial charge in [0, 0.05) is 33.4 Å². The summed E-state index contributed by atoms with van der Waals surface area (Å²) in [7, 11) is 0. The predicted molar refractivity (Wildman–Crippen MR) is 208 cm³/mol. The zero-order chi connectivity index (χ0) is 49.0. The fourth-order valence-electron chi connectivity index (χ4n) is 7.85. The van der Waals surface area contributed by atoms with Crippen molar-refractivity contribution in [3.63, 3.8) is 0 Å². The molecule has 5 aromatic rings. The quantitative estimate of drug-likeness (QED) is 0.0686. The minimum atomic E-state index is -2.75. The van der Waals surface area contributed by atoms with E-state index in [1.54, 1.807) is 0 Å². The Morgan fingerprint density at radius 3 is 1.37 bits per heavy atom. The van der Waals surface area contributed by atoms with Crippen molar-refractivity contribution in [1.82, 2.24) is 0 Å². The molecule has 0 aromatic heterocycles. The predicted octanol–water partition coefficient (Wildman–Crippen LogP) is 1.19. The molecule has 26 heteroatoms. The second kappa shape index (κ2) is 15.5. The average Bonchev–Trinajstić information content (AvgIpc) is 3.29. The topological polar surface area (TPSA) is 458 Å². The van der Waals surface area contributed by atoms with Gasteiger partial charge < -0.3 is 110 Å². The van der Waals surface area contributed by atoms with Crippen LogP contribution in [0.5, 0.6) is 86.2 Å². The Hall–Kier alpha value is -9.14. The van der Waals surface area contributed by atoms with Gasteiger partial charge in [0.1, 0.15) is 18.8 Å². The number of phenols is 15. The van der Waals surface area contributed by atoms with E-state index in [4.69, 9.17) is 23.7 Å². The van der Waals surface area contributed by atoms with Gasteiger partial charge in [0.25, 0.3) is 0 Å². The Balaban J connectivity index is 1.42. The molecule has 5 aromatic carbocycles. The molecule has 0 aliphatic carbocycles. The van der Waals surface area contributed by atoms with Gasteiger partial charge in [0.2, 0.25) is 23.0 Å². The molecular formula is C41H30O26. The second-order valence-electron chi connectivity index (χ2n) is 14.8. The first-order chi connectivity index (χ1) is 31.5. The molecule has 17 N–H and O–H groups in total. The number of benzene rings is 5. The number of phenolic OH excluding ortho intramolecular Hbond substituents is 15. The molecule has 0 spiro atoms. The molecule has 0 fully saturated rings. The van der Waals surface area contributed by atoms with Crippen LogP contribution in [-0.4, -0.2) is 142 Å². The van der Waals surface area contributed by atoms with Gasteiger partial charge in [-0.15, -0.1) is 0 Å². The lowest BCUT2D eigenvalue weighted by Gasteiger charge is -2.42. The number of carbonyl (C=O) groups excluding carboxylic acids is 4. The normalized spacial score (nSPS) is 21.1. The third-order valence-corrected chi connectivity index (χ3v) is 11.0. The van der Waals surface area contributed by atoms with Gasteiger partial charge in [0.15, 0.2) is 87.8 Å². The fourth-order valence-corrected chi connectivity index (χ4v) is 7.85. The standard InChI is InChI=1S/C41H30O26/c42-11-1-7(2-12(43)23(11)47)37(58)64-16-6-63-38(59)8-3-13(44)24(48)27(51)17(8)18-9(4-14(45)25(49)28(18)52)39(60)65-34(16)36-35-32(56)22-21(41(62)66-35)20(30(54)33(57)31(22)55)19-10(40(61)67-36)5-15(46)26(50)29(19)53/h1-5,16,32,34-36,41-57,62H,6H2/t16-,32-,34+,35-,36-,41-/m0/s1. The van der Waals surface area contributed by atoms with Crippen LogP contribution in [-0.2, 0) is 23.7 Å². The molecule has 4 aliphatic rings. The maximum absolute atomic E-state index is 14.6. The third kappa shape index (κ3) is 6.70. The number of aromatic hydroxyl groups is 15. The van der Waals surface area contributed by atoms with Gasteiger partial charge in [-0.2, -0.15) is 0 Å². The van der Waals surface area contributed by atoms with Crippen molar-refractivity contribution in [2.75, 3.05) is 6.61 Å². The SMILES string of the molecule is O=C(O[C@H]1COC(=O)c2cc(O)c(O)c(O)c2-c2c(cc(O)c(O)c2O)C(=O)O[C@H]1[C@@H]1OC(=O)c2cc(O)c(O)c(O)c2-c2c(O)c(O)c(O)c3c2[C@@H](O)O[C@H]1[C@H]3O)c1cc(O)c(O)c(O)c1. The maximum Gasteiger partial charge on any atom is 0.339 e. The number of hydrogen-bond acceptors (Lipinski definition) is 26. The van der Waals surface area contributed by atoms with Crippen LogP contribution in [0, 0.1) is 0 Å². The average molecular weight is 939 g/mol. The van der Waals surface area contributed by atoms with Crippen LogP contribution in [0.15, 0.2) is 30.3 Å². The first-order valence-electron chi connectivity index (χ1n) is 18.7. The Bertz CT molecular complexity index is 3010. The first-order valence-corrected chi connectivity index (χ1v) is 18.7. The molecule has 4 bridgehead atoms. The third-order valence-electron chi connectivity index (χ3n) is 11.0. The number of aliphatic hydroxyl groups excluding tert-OH is 2. The lowest BCUT2D eigenvalue weighted by Crippen LogP contribution is -2.55. The van der Waals surface area contributed by atoms with E-state index in [0.29, 0.717) is 30.3 Å². The molecule has 67 heavy (non-hydrogen) atoms. The summed E-state index contributed by atoms with van der Waals surface area (Å²) in [5.74, 6) is -27.4. The highest BCUT2D eigenvalue weighted by molar-refractivity contribution is 6.09. The second-order valence-corrected chi connectivity index (χ2v) is 14.8. The van der Waals surface area contributed by atoms with Crippen molar-refractivity contribution in [3.05, 3.63) is 63.7 Å². The number of cyclic esters (lactones) is 2. The Morgan fingerprint density at radius 2 is 0.881 bits per heavy atom. The zero-order valence-corrected chi connectivity index (χ0v) is 32.8. The minimum absolute atomic E-state index is 0.345. The fraction of sp³-hybridized carbons (Fsp3) is 0.171. The van der Waals surface area contributed by atoms with E-state index in [1.807, 2.05) is 0 Å². The summed E-state index contributed by atoms with van der Waals surface area (Å²) in [4.78, 5) is 56.9. The van der Waals surface area contributed by atoms with Crippen LogP contribution >= 0.6 is 0 Å². The Morgan fingerprint density at radius 1 is 0.463 bits per heavy atom. The molecule has 0 amide bonds. The van der Waals surface area contributed by atoms with Gasteiger partial charge in [-0.3, -0.25) is 0 Å². The number of carbonyl (C=O) groups is 4. The summed E-state index contributed by atoms with van der Waals surface area (Å²) >= 11 is 0. The maximum atomic E-state index is 14.6. The zero-order valence-electron chi connectivity index (χ0n) is 32.8. The Kier molecular flexibility index (Phi) is 10.3. The van der Waals surface area contributed by atoms with Crippen LogP contribution in [0.4, 0.5) is 0 Å². The largest absolute Gasteiger partial charge is 0.504 e. The van der Waals surface area contributed by atoms with E-state index in [0.717, 1.165) is 0 Å². The van der Waals surface area contributed by atoms with E-state index in [9.17, 15) is 106 Å². The lowest BCUT2D eigenvalue weighted by atomic mass is 9.82. The van der Waals surface area contributed by atoms with Crippen LogP contribution in [0.2, 0.25) is 0 Å². The molecule has 350 valence electrons. The van der Waals surface area contributed by atoms with E-state index in [-0.39, 0.29) is 0 Å². The number of ether oxygens (including phenoxy) is 5. The van der Waals surface area contributed by atoms with Crippen LogP contribution in [0.3, 0.4) is 0 Å². The summed E-state index contributed by atoms with van der Waals surface area (Å²) in [6.07, 6.45) is -15.7. The summed E-state index contributed by atoms with van der Waals surface area (Å²) in [6, 6.07) is 2.23. The minimum Gasteiger partial charge on any atom is -0.504 e. The monoisotopic (exact) mass is 938 g/mol. The number of esters is 4. The molecule has 26 nitrogen and oxygen atoms in total. The van der Waals surface area contributed by atoms with Gasteiger partial charge in [-0.05, 0) is 30.3 Å². The highest BCUT2D eigenvalue weighted by Crippen LogP contribution is 2.60. The van der Waals surface area contributed by atoms with Crippen molar-refractivity contribution >= 4 is 23.9 Å². The van der Waals surface area contributed by atoms with Crippen LogP contribution in [0.25, 0.3) is 22.3 Å². The smallest absolute Gasteiger partial charge is 0.339 e. The van der Waals surface area contributed by atoms with Crippen molar-refractivity contribution in [2.45, 2.75) is 36.8 Å². The summed E-state index contributed by atoms with van der Waals surface area (Å²) in [5, 5.41) is 183. The van der Waals surface area contributed by atoms with Gasteiger partial charge in [-0.25, -0.2) is 19.2 Å². The molecular weight excluding hydrogens is 908 g/mol. The molecule has 0 saturated carbocycles. The van der Waals surface area contributed by atoms with Crippen molar-refractivity contribution in [3.8, 4) is 108 Å². The molecule has 0 unspecified atom stereocenters. The highest BCUT2D eigenvalue weighted by Gasteiger charge is 2.54. The van der Waals surface area contributed by atoms with Crippen LogP contribution in [0.1, 0.15) is 65.0 Å². The highest BCUT2D eigenvalue weighted by atomic mass is 16.7.